The van der Waals surface area contributed by atoms with Gasteiger partial charge in [0.1, 0.15) is 11.6 Å². The Hall–Kier alpha value is -2.00. The zero-order valence-corrected chi connectivity index (χ0v) is 10.3. The van der Waals surface area contributed by atoms with Crippen LogP contribution >= 0.6 is 0 Å². The highest BCUT2D eigenvalue weighted by molar-refractivity contribution is 7.89. The number of nitrogen functional groups attached to an aromatic ring is 1. The predicted octanol–water partition coefficient (Wildman–Crippen LogP) is 0.749. The number of sulfonamides is 1. The molecule has 2 aromatic rings. The first-order valence-corrected chi connectivity index (χ1v) is 6.60. The number of aromatic amines is 1. The van der Waals surface area contributed by atoms with Crippen LogP contribution in [0, 0.1) is 11.6 Å². The average Bonchev–Trinajstić information content (AvgIpc) is 2.77. The van der Waals surface area contributed by atoms with Gasteiger partial charge >= 0.3 is 0 Å². The van der Waals surface area contributed by atoms with E-state index in [1.165, 1.54) is 12.5 Å². The normalized spacial score (nSPS) is 11.7. The first-order chi connectivity index (χ1) is 8.90. The molecule has 0 radical (unpaired) electrons. The van der Waals surface area contributed by atoms with Crippen LogP contribution in [0.3, 0.4) is 0 Å². The van der Waals surface area contributed by atoms with Gasteiger partial charge in [-0.25, -0.2) is 26.9 Å². The Bertz CT molecular complexity index is 663. The monoisotopic (exact) mass is 288 g/mol. The number of nitrogens with one attached hydrogen (secondary N) is 2. The standard InChI is InChI=1S/C10H10F2N4O2S/c11-8-1-6(13)2-9(12)10(8)19(17,18)16-4-7-3-14-5-15-7/h1-3,5,16H,4,13H2,(H,14,15). The summed E-state index contributed by atoms with van der Waals surface area (Å²) in [6.07, 6.45) is 2.74. The highest BCUT2D eigenvalue weighted by atomic mass is 32.2. The molecular weight excluding hydrogens is 278 g/mol. The van der Waals surface area contributed by atoms with E-state index in [1.54, 1.807) is 0 Å². The number of aromatic nitrogens is 2. The lowest BCUT2D eigenvalue weighted by molar-refractivity contribution is 0.514. The van der Waals surface area contributed by atoms with Gasteiger partial charge in [-0.1, -0.05) is 0 Å². The minimum atomic E-state index is -4.32. The molecule has 19 heavy (non-hydrogen) atoms. The van der Waals surface area contributed by atoms with E-state index in [0.29, 0.717) is 5.69 Å². The van der Waals surface area contributed by atoms with Crippen LogP contribution in [0.1, 0.15) is 5.69 Å². The summed E-state index contributed by atoms with van der Waals surface area (Å²) in [5.41, 5.74) is 5.48. The van der Waals surface area contributed by atoms with E-state index in [2.05, 4.69) is 14.7 Å². The molecule has 0 aliphatic rings. The highest BCUT2D eigenvalue weighted by Gasteiger charge is 2.24. The van der Waals surface area contributed by atoms with Crippen molar-refractivity contribution in [2.45, 2.75) is 11.4 Å². The summed E-state index contributed by atoms with van der Waals surface area (Å²) in [6.45, 7) is -0.161. The van der Waals surface area contributed by atoms with Crippen LogP contribution in [0.2, 0.25) is 0 Å². The number of imidazole rings is 1. The minimum Gasteiger partial charge on any atom is -0.399 e. The molecule has 0 aliphatic carbocycles. The lowest BCUT2D eigenvalue weighted by Gasteiger charge is -2.08. The second-order valence-corrected chi connectivity index (χ2v) is 5.42. The lowest BCUT2D eigenvalue weighted by atomic mass is 10.3. The number of rotatable bonds is 4. The third-order valence-corrected chi connectivity index (χ3v) is 3.75. The van der Waals surface area contributed by atoms with Gasteiger partial charge < -0.3 is 10.7 Å². The van der Waals surface area contributed by atoms with Crippen molar-refractivity contribution in [2.75, 3.05) is 5.73 Å². The van der Waals surface area contributed by atoms with Gasteiger partial charge in [-0.15, -0.1) is 0 Å². The molecule has 0 unspecified atom stereocenters. The first-order valence-electron chi connectivity index (χ1n) is 5.11. The molecule has 1 aromatic carbocycles. The molecule has 6 nitrogen and oxygen atoms in total. The topological polar surface area (TPSA) is 101 Å². The number of hydrogen-bond donors (Lipinski definition) is 3. The van der Waals surface area contributed by atoms with E-state index in [0.717, 1.165) is 12.1 Å². The molecule has 0 spiro atoms. The maximum Gasteiger partial charge on any atom is 0.246 e. The number of H-pyrrole nitrogens is 1. The van der Waals surface area contributed by atoms with Gasteiger partial charge in [0.25, 0.3) is 0 Å². The smallest absolute Gasteiger partial charge is 0.246 e. The van der Waals surface area contributed by atoms with Gasteiger partial charge in [-0.3, -0.25) is 0 Å². The van der Waals surface area contributed by atoms with Crippen molar-refractivity contribution >= 4 is 15.7 Å². The molecule has 0 saturated heterocycles. The molecule has 0 saturated carbocycles. The number of halogens is 2. The fourth-order valence-electron chi connectivity index (χ4n) is 1.46. The van der Waals surface area contributed by atoms with Crippen molar-refractivity contribution in [1.82, 2.24) is 14.7 Å². The zero-order chi connectivity index (χ0) is 14.0. The number of anilines is 1. The summed E-state index contributed by atoms with van der Waals surface area (Å²) >= 11 is 0. The van der Waals surface area contributed by atoms with Gasteiger partial charge in [0, 0.05) is 17.6 Å². The van der Waals surface area contributed by atoms with Crippen LogP contribution in [0.4, 0.5) is 14.5 Å². The maximum absolute atomic E-state index is 13.5. The molecular formula is C10H10F2N4O2S. The summed E-state index contributed by atoms with van der Waals surface area (Å²) in [5.74, 6) is -2.48. The Labute approximate surface area is 107 Å². The van der Waals surface area contributed by atoms with Gasteiger partial charge in [0.05, 0.1) is 12.9 Å². The van der Waals surface area contributed by atoms with Gasteiger partial charge in [-0.05, 0) is 12.1 Å². The van der Waals surface area contributed by atoms with E-state index in [4.69, 9.17) is 5.73 Å². The summed E-state index contributed by atoms with van der Waals surface area (Å²) in [4.78, 5) is 5.29. The number of hydrogen-bond acceptors (Lipinski definition) is 4. The number of benzene rings is 1. The fourth-order valence-corrected chi connectivity index (χ4v) is 2.58. The molecule has 0 bridgehead atoms. The molecule has 1 aromatic heterocycles. The number of nitrogens with zero attached hydrogens (tertiary/aromatic N) is 1. The van der Waals surface area contributed by atoms with Crippen LogP contribution < -0.4 is 10.5 Å². The summed E-state index contributed by atoms with van der Waals surface area (Å²) in [7, 11) is -4.32. The molecule has 1 heterocycles. The summed E-state index contributed by atoms with van der Waals surface area (Å²) in [5, 5.41) is 0. The molecule has 9 heteroatoms. The summed E-state index contributed by atoms with van der Waals surface area (Å²) in [6, 6.07) is 1.49. The molecule has 2 rings (SSSR count). The molecule has 0 fully saturated rings. The van der Waals surface area contributed by atoms with E-state index in [1.807, 2.05) is 0 Å². The van der Waals surface area contributed by atoms with E-state index < -0.39 is 26.6 Å². The Morgan fingerprint density at radius 1 is 1.32 bits per heavy atom. The van der Waals surface area contributed by atoms with Crippen LogP contribution in [-0.2, 0) is 16.6 Å². The molecule has 0 atom stereocenters. The van der Waals surface area contributed by atoms with Crippen LogP contribution in [0.5, 0.6) is 0 Å². The van der Waals surface area contributed by atoms with E-state index in [9.17, 15) is 17.2 Å². The highest BCUT2D eigenvalue weighted by Crippen LogP contribution is 2.21. The molecule has 4 N–H and O–H groups in total. The molecule has 0 amide bonds. The van der Waals surface area contributed by atoms with Crippen molar-refractivity contribution in [3.05, 3.63) is 42.0 Å². The zero-order valence-electron chi connectivity index (χ0n) is 9.52. The maximum atomic E-state index is 13.5. The Kier molecular flexibility index (Phi) is 3.49. The Morgan fingerprint density at radius 2 is 1.95 bits per heavy atom. The van der Waals surface area contributed by atoms with Gasteiger partial charge in [-0.2, -0.15) is 0 Å². The Balaban J connectivity index is 2.29. The van der Waals surface area contributed by atoms with Crippen LogP contribution in [-0.4, -0.2) is 18.4 Å². The molecule has 0 aliphatic heterocycles. The van der Waals surface area contributed by atoms with E-state index in [-0.39, 0.29) is 12.2 Å². The third-order valence-electron chi connectivity index (χ3n) is 2.30. The second-order valence-electron chi connectivity index (χ2n) is 3.72. The van der Waals surface area contributed by atoms with Crippen molar-refractivity contribution in [3.63, 3.8) is 0 Å². The predicted molar refractivity (Wildman–Crippen MR) is 63.4 cm³/mol. The van der Waals surface area contributed by atoms with Crippen molar-refractivity contribution in [3.8, 4) is 0 Å². The first kappa shape index (κ1) is 13.4. The lowest BCUT2D eigenvalue weighted by Crippen LogP contribution is -2.25. The third kappa shape index (κ3) is 2.88. The average molecular weight is 288 g/mol. The Morgan fingerprint density at radius 3 is 2.47 bits per heavy atom. The van der Waals surface area contributed by atoms with Gasteiger partial charge in [0.2, 0.25) is 10.0 Å². The quantitative estimate of drug-likeness (QED) is 0.722. The van der Waals surface area contributed by atoms with Crippen LogP contribution in [0.15, 0.2) is 29.6 Å². The second kappa shape index (κ2) is 4.94. The van der Waals surface area contributed by atoms with Gasteiger partial charge in [0.15, 0.2) is 4.90 Å². The molecule has 102 valence electrons. The van der Waals surface area contributed by atoms with Crippen molar-refractivity contribution in [1.29, 1.82) is 0 Å². The SMILES string of the molecule is Nc1cc(F)c(S(=O)(=O)NCc2cnc[nH]2)c(F)c1. The fraction of sp³-hybridized carbons (Fsp3) is 0.100. The van der Waals surface area contributed by atoms with Crippen molar-refractivity contribution in [2.24, 2.45) is 0 Å². The summed E-state index contributed by atoms with van der Waals surface area (Å²) < 4.78 is 52.7. The van der Waals surface area contributed by atoms with Crippen molar-refractivity contribution < 1.29 is 17.2 Å². The largest absolute Gasteiger partial charge is 0.399 e. The minimum absolute atomic E-state index is 0.161. The number of nitrogens with two attached hydrogens (primary N) is 1. The van der Waals surface area contributed by atoms with E-state index >= 15 is 0 Å². The van der Waals surface area contributed by atoms with Crippen LogP contribution in [0.25, 0.3) is 0 Å².